The number of ether oxygens (including phenoxy) is 1. The Morgan fingerprint density at radius 2 is 1.71 bits per heavy atom. The molecule has 4 rings (SSSR count). The summed E-state index contributed by atoms with van der Waals surface area (Å²) >= 11 is 0. The SMILES string of the molecule is COc1nc(C)nc2c1CC1C(=O)N(c3ccccc3)C(=O)C1C2. The van der Waals surface area contributed by atoms with E-state index < -0.39 is 0 Å². The quantitative estimate of drug-likeness (QED) is 0.787. The molecule has 1 aromatic carbocycles. The molecule has 1 aliphatic heterocycles. The lowest BCUT2D eigenvalue weighted by Crippen LogP contribution is -2.30. The lowest BCUT2D eigenvalue weighted by atomic mass is 9.79. The molecular formula is C18H17N3O3. The molecule has 2 aliphatic rings. The molecule has 2 amide bonds. The van der Waals surface area contributed by atoms with Crippen molar-refractivity contribution < 1.29 is 14.3 Å². The predicted molar refractivity (Wildman–Crippen MR) is 86.6 cm³/mol. The standard InChI is InChI=1S/C18H17N3O3/c1-10-19-15-9-13-12(8-14(15)16(20-10)24-2)17(22)21(18(13)23)11-6-4-3-5-7-11/h3-7,12-13H,8-9H2,1-2H3. The number of amides is 2. The van der Waals surface area contributed by atoms with E-state index in [2.05, 4.69) is 9.97 Å². The molecule has 2 unspecified atom stereocenters. The van der Waals surface area contributed by atoms with Gasteiger partial charge in [-0.3, -0.25) is 14.5 Å². The van der Waals surface area contributed by atoms with Crippen LogP contribution >= 0.6 is 0 Å². The summed E-state index contributed by atoms with van der Waals surface area (Å²) in [5, 5.41) is 0. The van der Waals surface area contributed by atoms with E-state index in [0.29, 0.717) is 30.2 Å². The van der Waals surface area contributed by atoms with E-state index >= 15 is 0 Å². The number of carbonyl (C=O) groups excluding carboxylic acids is 2. The van der Waals surface area contributed by atoms with Crippen LogP contribution in [-0.2, 0) is 22.4 Å². The van der Waals surface area contributed by atoms with E-state index in [9.17, 15) is 9.59 Å². The van der Waals surface area contributed by atoms with Crippen LogP contribution in [0.15, 0.2) is 30.3 Å². The van der Waals surface area contributed by atoms with Crippen molar-refractivity contribution in [2.75, 3.05) is 12.0 Å². The molecule has 1 aliphatic carbocycles. The number of benzene rings is 1. The number of nitrogens with zero attached hydrogens (tertiary/aromatic N) is 3. The zero-order chi connectivity index (χ0) is 16.8. The molecule has 24 heavy (non-hydrogen) atoms. The topological polar surface area (TPSA) is 72.4 Å². The molecule has 0 saturated carbocycles. The van der Waals surface area contributed by atoms with Gasteiger partial charge in [-0.25, -0.2) is 4.98 Å². The summed E-state index contributed by atoms with van der Waals surface area (Å²) in [7, 11) is 1.56. The molecule has 2 heterocycles. The number of fused-ring (bicyclic) bond motifs is 2. The zero-order valence-electron chi connectivity index (χ0n) is 13.5. The van der Waals surface area contributed by atoms with Crippen molar-refractivity contribution in [3.63, 3.8) is 0 Å². The molecule has 0 radical (unpaired) electrons. The summed E-state index contributed by atoms with van der Waals surface area (Å²) in [5.74, 6) is 0.103. The third-order valence-corrected chi connectivity index (χ3v) is 4.77. The number of aryl methyl sites for hydroxylation is 1. The highest BCUT2D eigenvalue weighted by Crippen LogP contribution is 2.40. The van der Waals surface area contributed by atoms with Gasteiger partial charge in [-0.15, -0.1) is 0 Å². The average molecular weight is 323 g/mol. The number of para-hydroxylation sites is 1. The minimum atomic E-state index is -0.370. The number of rotatable bonds is 2. The number of aromatic nitrogens is 2. The number of carbonyl (C=O) groups is 2. The van der Waals surface area contributed by atoms with Crippen LogP contribution in [0.25, 0.3) is 0 Å². The third kappa shape index (κ3) is 2.10. The van der Waals surface area contributed by atoms with Crippen molar-refractivity contribution in [1.29, 1.82) is 0 Å². The van der Waals surface area contributed by atoms with Crippen LogP contribution in [-0.4, -0.2) is 28.9 Å². The predicted octanol–water partition coefficient (Wildman–Crippen LogP) is 1.70. The number of imide groups is 1. The van der Waals surface area contributed by atoms with Crippen LogP contribution in [0.3, 0.4) is 0 Å². The fourth-order valence-corrected chi connectivity index (χ4v) is 3.67. The molecule has 0 N–H and O–H groups in total. The second-order valence-electron chi connectivity index (χ2n) is 6.17. The lowest BCUT2D eigenvalue weighted by molar-refractivity contribution is -0.122. The van der Waals surface area contributed by atoms with Gasteiger partial charge in [0, 0.05) is 12.0 Å². The third-order valence-electron chi connectivity index (χ3n) is 4.77. The first kappa shape index (κ1) is 14.8. The summed E-state index contributed by atoms with van der Waals surface area (Å²) < 4.78 is 5.35. The summed E-state index contributed by atoms with van der Waals surface area (Å²) in [6, 6.07) is 9.07. The van der Waals surface area contributed by atoms with E-state index in [4.69, 9.17) is 4.74 Å². The second kappa shape index (κ2) is 5.40. The van der Waals surface area contributed by atoms with Gasteiger partial charge in [-0.2, -0.15) is 4.98 Å². The van der Waals surface area contributed by atoms with Gasteiger partial charge in [0.1, 0.15) is 5.82 Å². The van der Waals surface area contributed by atoms with E-state index in [1.165, 1.54) is 4.90 Å². The molecule has 2 atom stereocenters. The maximum absolute atomic E-state index is 12.9. The van der Waals surface area contributed by atoms with Crippen molar-refractivity contribution in [1.82, 2.24) is 9.97 Å². The Kier molecular flexibility index (Phi) is 3.33. The van der Waals surface area contributed by atoms with Crippen LogP contribution in [0.2, 0.25) is 0 Å². The normalized spacial score (nSPS) is 22.3. The lowest BCUT2D eigenvalue weighted by Gasteiger charge is -2.24. The van der Waals surface area contributed by atoms with Gasteiger partial charge in [0.05, 0.1) is 30.3 Å². The van der Waals surface area contributed by atoms with Gasteiger partial charge in [0.25, 0.3) is 0 Å². The van der Waals surface area contributed by atoms with Crippen molar-refractivity contribution in [2.45, 2.75) is 19.8 Å². The van der Waals surface area contributed by atoms with Crippen molar-refractivity contribution in [2.24, 2.45) is 11.8 Å². The Labute approximate surface area is 139 Å². The van der Waals surface area contributed by atoms with Gasteiger partial charge in [0.2, 0.25) is 17.7 Å². The monoisotopic (exact) mass is 323 g/mol. The summed E-state index contributed by atoms with van der Waals surface area (Å²) in [6.07, 6.45) is 0.894. The Bertz CT molecular complexity index is 835. The minimum absolute atomic E-state index is 0.142. The molecule has 6 heteroatoms. The Morgan fingerprint density at radius 3 is 2.38 bits per heavy atom. The first-order chi connectivity index (χ1) is 11.6. The van der Waals surface area contributed by atoms with Gasteiger partial charge in [-0.1, -0.05) is 18.2 Å². The van der Waals surface area contributed by atoms with E-state index in [1.807, 2.05) is 18.2 Å². The summed E-state index contributed by atoms with van der Waals surface area (Å²) in [4.78, 5) is 35.8. The molecule has 1 saturated heterocycles. The Hall–Kier alpha value is -2.76. The Morgan fingerprint density at radius 1 is 1.04 bits per heavy atom. The molecule has 2 aromatic rings. The molecule has 6 nitrogen and oxygen atoms in total. The summed E-state index contributed by atoms with van der Waals surface area (Å²) in [5.41, 5.74) is 2.29. The summed E-state index contributed by atoms with van der Waals surface area (Å²) in [6.45, 7) is 1.80. The highest BCUT2D eigenvalue weighted by molar-refractivity contribution is 6.22. The first-order valence-corrected chi connectivity index (χ1v) is 7.93. The number of hydrogen-bond donors (Lipinski definition) is 0. The second-order valence-corrected chi connectivity index (χ2v) is 6.17. The van der Waals surface area contributed by atoms with Gasteiger partial charge in [-0.05, 0) is 25.5 Å². The van der Waals surface area contributed by atoms with Crippen LogP contribution < -0.4 is 9.64 Å². The Balaban J connectivity index is 1.74. The van der Waals surface area contributed by atoms with Crippen molar-refractivity contribution in [3.05, 3.63) is 47.4 Å². The largest absolute Gasteiger partial charge is 0.481 e. The van der Waals surface area contributed by atoms with E-state index in [-0.39, 0.29) is 23.7 Å². The molecule has 122 valence electrons. The van der Waals surface area contributed by atoms with Gasteiger partial charge >= 0.3 is 0 Å². The van der Waals surface area contributed by atoms with E-state index in [1.54, 1.807) is 26.2 Å². The first-order valence-electron chi connectivity index (χ1n) is 7.93. The van der Waals surface area contributed by atoms with Crippen LogP contribution in [0.4, 0.5) is 5.69 Å². The maximum atomic E-state index is 12.9. The number of methoxy groups -OCH3 is 1. The average Bonchev–Trinajstić information content (AvgIpc) is 2.83. The van der Waals surface area contributed by atoms with Crippen LogP contribution in [0.5, 0.6) is 5.88 Å². The zero-order valence-corrected chi connectivity index (χ0v) is 13.5. The van der Waals surface area contributed by atoms with Gasteiger partial charge in [0.15, 0.2) is 0 Å². The smallest absolute Gasteiger partial charge is 0.238 e. The van der Waals surface area contributed by atoms with Crippen molar-refractivity contribution in [3.8, 4) is 5.88 Å². The molecule has 1 aromatic heterocycles. The van der Waals surface area contributed by atoms with Crippen LogP contribution in [0, 0.1) is 18.8 Å². The van der Waals surface area contributed by atoms with E-state index in [0.717, 1.165) is 11.3 Å². The van der Waals surface area contributed by atoms with Crippen molar-refractivity contribution >= 4 is 17.5 Å². The molecule has 1 fully saturated rings. The maximum Gasteiger partial charge on any atom is 0.238 e. The number of anilines is 1. The molecular weight excluding hydrogens is 306 g/mol. The molecule has 0 bridgehead atoms. The minimum Gasteiger partial charge on any atom is -0.481 e. The van der Waals surface area contributed by atoms with Gasteiger partial charge < -0.3 is 4.74 Å². The molecule has 0 spiro atoms. The fourth-order valence-electron chi connectivity index (χ4n) is 3.67. The number of hydrogen-bond acceptors (Lipinski definition) is 5. The fraction of sp³-hybridized carbons (Fsp3) is 0.333. The van der Waals surface area contributed by atoms with Crippen LogP contribution in [0.1, 0.15) is 17.1 Å². The highest BCUT2D eigenvalue weighted by Gasteiger charge is 2.51. The highest BCUT2D eigenvalue weighted by atomic mass is 16.5.